The monoisotopic (exact) mass is 437 g/mol. The van der Waals surface area contributed by atoms with Crippen molar-refractivity contribution in [3.8, 4) is 0 Å². The smallest absolute Gasteiger partial charge is 0.191 e. The number of rotatable bonds is 7. The van der Waals surface area contributed by atoms with Gasteiger partial charge in [-0.2, -0.15) is 0 Å². The number of guanidine groups is 1. The highest BCUT2D eigenvalue weighted by atomic mass is 127. The van der Waals surface area contributed by atoms with E-state index in [-0.39, 0.29) is 29.6 Å². The Bertz CT molecular complexity index is 449. The minimum atomic E-state index is -0.200. The van der Waals surface area contributed by atoms with E-state index in [1.165, 1.54) is 10.5 Å². The maximum Gasteiger partial charge on any atom is 0.191 e. The number of thioether (sulfide) groups is 1. The van der Waals surface area contributed by atoms with Crippen LogP contribution in [0.5, 0.6) is 0 Å². The minimum absolute atomic E-state index is 0. The summed E-state index contributed by atoms with van der Waals surface area (Å²) in [6.07, 6.45) is 0. The van der Waals surface area contributed by atoms with Gasteiger partial charge in [-0.05, 0) is 32.9 Å². The lowest BCUT2D eigenvalue weighted by atomic mass is 10.1. The van der Waals surface area contributed by atoms with Crippen LogP contribution in [0.1, 0.15) is 19.4 Å². The summed E-state index contributed by atoms with van der Waals surface area (Å²) in [6.45, 7) is 7.77. The second-order valence-corrected chi connectivity index (χ2v) is 6.65. The van der Waals surface area contributed by atoms with E-state index < -0.39 is 0 Å². The van der Waals surface area contributed by atoms with E-state index in [9.17, 15) is 0 Å². The average Bonchev–Trinajstić information content (AvgIpc) is 2.48. The molecule has 4 nitrogen and oxygen atoms in total. The lowest BCUT2D eigenvalue weighted by molar-refractivity contribution is 0.0268. The molecule has 2 N–H and O–H groups in total. The fraction of sp³-hybridized carbons (Fsp3) is 0.562. The Hall–Kier alpha value is -0.470. The van der Waals surface area contributed by atoms with Crippen molar-refractivity contribution in [1.82, 2.24) is 10.6 Å². The van der Waals surface area contributed by atoms with Gasteiger partial charge in [0.25, 0.3) is 0 Å². The summed E-state index contributed by atoms with van der Waals surface area (Å²) in [4.78, 5) is 5.51. The third kappa shape index (κ3) is 8.85. The fourth-order valence-electron chi connectivity index (χ4n) is 1.56. The third-order valence-corrected chi connectivity index (χ3v) is 4.16. The number of methoxy groups -OCH3 is 1. The molecule has 0 amide bonds. The van der Waals surface area contributed by atoms with E-state index in [2.05, 4.69) is 46.8 Å². The number of aliphatic imine (C=N–C) groups is 1. The van der Waals surface area contributed by atoms with Crippen molar-refractivity contribution >= 4 is 41.7 Å². The first-order valence-electron chi connectivity index (χ1n) is 7.16. The first kappa shape index (κ1) is 21.5. The maximum atomic E-state index is 5.38. The fourth-order valence-corrected chi connectivity index (χ4v) is 2.33. The van der Waals surface area contributed by atoms with Crippen molar-refractivity contribution in [2.24, 2.45) is 4.99 Å². The van der Waals surface area contributed by atoms with Gasteiger partial charge in [0, 0.05) is 37.9 Å². The predicted molar refractivity (Wildman–Crippen MR) is 108 cm³/mol. The van der Waals surface area contributed by atoms with Crippen LogP contribution in [0, 0.1) is 6.92 Å². The average molecular weight is 437 g/mol. The SMILES string of the molecule is CN=C(NCCSc1ccc(C)cc1)NCC(C)(C)OC.I. The molecule has 0 aliphatic heterocycles. The highest BCUT2D eigenvalue weighted by molar-refractivity contribution is 14.0. The van der Waals surface area contributed by atoms with Crippen LogP contribution in [-0.4, -0.2) is 44.6 Å². The molecular formula is C16H28IN3OS. The molecular weight excluding hydrogens is 409 g/mol. The molecule has 0 saturated heterocycles. The highest BCUT2D eigenvalue weighted by Gasteiger charge is 2.16. The minimum Gasteiger partial charge on any atom is -0.377 e. The first-order valence-corrected chi connectivity index (χ1v) is 8.14. The molecule has 0 saturated carbocycles. The molecule has 22 heavy (non-hydrogen) atoms. The summed E-state index contributed by atoms with van der Waals surface area (Å²) >= 11 is 1.84. The summed E-state index contributed by atoms with van der Waals surface area (Å²) in [5, 5.41) is 6.58. The normalized spacial score (nSPS) is 11.8. The summed E-state index contributed by atoms with van der Waals surface area (Å²) < 4.78 is 5.38. The molecule has 0 unspecified atom stereocenters. The molecule has 0 heterocycles. The van der Waals surface area contributed by atoms with Gasteiger partial charge in [0.15, 0.2) is 5.96 Å². The molecule has 0 radical (unpaired) electrons. The number of aryl methyl sites for hydroxylation is 1. The zero-order chi connectivity index (χ0) is 15.7. The molecule has 0 bridgehead atoms. The van der Waals surface area contributed by atoms with Crippen molar-refractivity contribution in [2.45, 2.75) is 31.3 Å². The van der Waals surface area contributed by atoms with Gasteiger partial charge in [0.2, 0.25) is 0 Å². The second-order valence-electron chi connectivity index (χ2n) is 5.48. The van der Waals surface area contributed by atoms with Crippen LogP contribution >= 0.6 is 35.7 Å². The van der Waals surface area contributed by atoms with Crippen LogP contribution in [0.2, 0.25) is 0 Å². The van der Waals surface area contributed by atoms with Crippen molar-refractivity contribution in [3.05, 3.63) is 29.8 Å². The number of benzene rings is 1. The molecule has 1 aromatic carbocycles. The first-order chi connectivity index (χ1) is 9.96. The Morgan fingerprint density at radius 2 is 1.86 bits per heavy atom. The Morgan fingerprint density at radius 1 is 1.23 bits per heavy atom. The second kappa shape index (κ2) is 11.1. The molecule has 0 atom stereocenters. The molecule has 6 heteroatoms. The summed E-state index contributed by atoms with van der Waals surface area (Å²) in [5.41, 5.74) is 1.09. The van der Waals surface area contributed by atoms with E-state index in [1.807, 2.05) is 25.6 Å². The Kier molecular flexibility index (Phi) is 10.9. The van der Waals surface area contributed by atoms with Crippen molar-refractivity contribution < 1.29 is 4.74 Å². The Labute approximate surface area is 155 Å². The summed E-state index contributed by atoms with van der Waals surface area (Å²) in [6, 6.07) is 8.61. The number of hydrogen-bond acceptors (Lipinski definition) is 3. The molecule has 0 aliphatic rings. The van der Waals surface area contributed by atoms with E-state index in [1.54, 1.807) is 14.2 Å². The largest absolute Gasteiger partial charge is 0.377 e. The maximum absolute atomic E-state index is 5.38. The number of nitrogens with zero attached hydrogens (tertiary/aromatic N) is 1. The summed E-state index contributed by atoms with van der Waals surface area (Å²) in [5.74, 6) is 1.81. The van der Waals surface area contributed by atoms with Crippen LogP contribution in [0.3, 0.4) is 0 Å². The lowest BCUT2D eigenvalue weighted by Crippen LogP contribution is -2.45. The molecule has 1 rings (SSSR count). The van der Waals surface area contributed by atoms with Crippen LogP contribution < -0.4 is 10.6 Å². The van der Waals surface area contributed by atoms with Crippen molar-refractivity contribution in [3.63, 3.8) is 0 Å². The van der Waals surface area contributed by atoms with Gasteiger partial charge in [-0.25, -0.2) is 0 Å². The van der Waals surface area contributed by atoms with Crippen LogP contribution in [0.25, 0.3) is 0 Å². The van der Waals surface area contributed by atoms with Crippen LogP contribution in [-0.2, 0) is 4.74 Å². The highest BCUT2D eigenvalue weighted by Crippen LogP contribution is 2.17. The predicted octanol–water partition coefficient (Wildman–Crippen LogP) is 3.30. The van der Waals surface area contributed by atoms with Gasteiger partial charge in [-0.15, -0.1) is 35.7 Å². The van der Waals surface area contributed by atoms with Crippen LogP contribution in [0.15, 0.2) is 34.2 Å². The number of halogens is 1. The van der Waals surface area contributed by atoms with Gasteiger partial charge in [0.05, 0.1) is 5.60 Å². The molecule has 126 valence electrons. The number of ether oxygens (including phenoxy) is 1. The van der Waals surface area contributed by atoms with Crippen molar-refractivity contribution in [2.75, 3.05) is 33.0 Å². The Balaban J connectivity index is 0.00000441. The van der Waals surface area contributed by atoms with E-state index in [0.717, 1.165) is 18.3 Å². The Morgan fingerprint density at radius 3 is 2.41 bits per heavy atom. The topological polar surface area (TPSA) is 45.7 Å². The van der Waals surface area contributed by atoms with Gasteiger partial charge < -0.3 is 15.4 Å². The van der Waals surface area contributed by atoms with Gasteiger partial charge in [-0.3, -0.25) is 4.99 Å². The third-order valence-electron chi connectivity index (χ3n) is 3.14. The van der Waals surface area contributed by atoms with Crippen molar-refractivity contribution in [1.29, 1.82) is 0 Å². The van der Waals surface area contributed by atoms with E-state index in [4.69, 9.17) is 4.74 Å². The number of hydrogen-bond donors (Lipinski definition) is 2. The molecule has 0 aliphatic carbocycles. The zero-order valence-electron chi connectivity index (χ0n) is 14.1. The van der Waals surface area contributed by atoms with Gasteiger partial charge in [-0.1, -0.05) is 17.7 Å². The lowest BCUT2D eigenvalue weighted by Gasteiger charge is -2.24. The molecule has 0 spiro atoms. The summed E-state index contributed by atoms with van der Waals surface area (Å²) in [7, 11) is 3.50. The van der Waals surface area contributed by atoms with Crippen LogP contribution in [0.4, 0.5) is 0 Å². The van der Waals surface area contributed by atoms with E-state index in [0.29, 0.717) is 6.54 Å². The standard InChI is InChI=1S/C16H27N3OS.HI/c1-13-6-8-14(9-7-13)21-11-10-18-15(17-4)19-12-16(2,3)20-5;/h6-9H,10-12H2,1-5H3,(H2,17,18,19);1H. The molecule has 0 aromatic heterocycles. The van der Waals surface area contributed by atoms with Gasteiger partial charge >= 0.3 is 0 Å². The molecule has 0 fully saturated rings. The number of nitrogens with one attached hydrogen (secondary N) is 2. The molecule has 1 aromatic rings. The zero-order valence-corrected chi connectivity index (χ0v) is 17.2. The van der Waals surface area contributed by atoms with E-state index >= 15 is 0 Å². The van der Waals surface area contributed by atoms with Gasteiger partial charge in [0.1, 0.15) is 0 Å². The quantitative estimate of drug-likeness (QED) is 0.226.